The molecule has 0 atom stereocenters. The second-order valence-corrected chi connectivity index (χ2v) is 12.6. The highest BCUT2D eigenvalue weighted by atomic mass is 16.3. The number of para-hydroxylation sites is 3. The zero-order chi connectivity index (χ0) is 32.3. The lowest BCUT2D eigenvalue weighted by molar-refractivity contribution is 0.669. The van der Waals surface area contributed by atoms with Crippen molar-refractivity contribution in [3.63, 3.8) is 0 Å². The Morgan fingerprint density at radius 1 is 0.388 bits per heavy atom. The van der Waals surface area contributed by atoms with Crippen molar-refractivity contribution in [2.75, 3.05) is 4.90 Å². The van der Waals surface area contributed by atoms with E-state index in [-0.39, 0.29) is 0 Å². The number of aromatic nitrogens is 1. The van der Waals surface area contributed by atoms with Crippen LogP contribution >= 0.6 is 0 Å². The van der Waals surface area contributed by atoms with E-state index in [1.54, 1.807) is 0 Å². The van der Waals surface area contributed by atoms with E-state index in [2.05, 4.69) is 179 Å². The maximum absolute atomic E-state index is 6.38. The van der Waals surface area contributed by atoms with Crippen molar-refractivity contribution < 1.29 is 4.42 Å². The Hall–Kier alpha value is -6.58. The molecule has 10 rings (SSSR count). The Labute approximate surface area is 283 Å². The molecule has 2 aromatic heterocycles. The maximum atomic E-state index is 6.38. The fraction of sp³-hybridized carbons (Fsp3) is 0. The summed E-state index contributed by atoms with van der Waals surface area (Å²) in [6.45, 7) is 0. The van der Waals surface area contributed by atoms with Gasteiger partial charge in [-0.3, -0.25) is 0 Å². The van der Waals surface area contributed by atoms with Gasteiger partial charge in [0.05, 0.1) is 16.7 Å². The molecule has 3 nitrogen and oxygen atoms in total. The van der Waals surface area contributed by atoms with Gasteiger partial charge in [0.2, 0.25) is 0 Å². The van der Waals surface area contributed by atoms with E-state index in [1.165, 1.54) is 38.1 Å². The molecule has 0 N–H and O–H groups in total. The molecule has 0 bridgehead atoms. The first-order chi connectivity index (χ1) is 24.3. The minimum Gasteiger partial charge on any atom is -0.456 e. The molecule has 0 unspecified atom stereocenters. The van der Waals surface area contributed by atoms with Crippen LogP contribution in [0.5, 0.6) is 0 Å². The monoisotopic (exact) mass is 626 g/mol. The van der Waals surface area contributed by atoms with E-state index < -0.39 is 0 Å². The lowest BCUT2D eigenvalue weighted by Crippen LogP contribution is -2.10. The van der Waals surface area contributed by atoms with Crippen LogP contribution in [0.15, 0.2) is 186 Å². The van der Waals surface area contributed by atoms with Crippen LogP contribution in [0.2, 0.25) is 0 Å². The molecule has 2 heterocycles. The minimum atomic E-state index is 0.874. The first-order valence-corrected chi connectivity index (χ1v) is 16.7. The van der Waals surface area contributed by atoms with Crippen molar-refractivity contribution in [1.82, 2.24) is 4.57 Å². The first-order valence-electron chi connectivity index (χ1n) is 16.7. The van der Waals surface area contributed by atoms with E-state index in [0.717, 1.165) is 50.3 Å². The summed E-state index contributed by atoms with van der Waals surface area (Å²) in [7, 11) is 0. The highest BCUT2D eigenvalue weighted by Crippen LogP contribution is 2.43. The highest BCUT2D eigenvalue weighted by Gasteiger charge is 2.19. The van der Waals surface area contributed by atoms with Crippen molar-refractivity contribution in [2.45, 2.75) is 0 Å². The number of hydrogen-bond acceptors (Lipinski definition) is 2. The quantitative estimate of drug-likeness (QED) is 0.190. The maximum Gasteiger partial charge on any atom is 0.137 e. The molecule has 0 saturated heterocycles. The fourth-order valence-electron chi connectivity index (χ4n) is 7.51. The SMILES string of the molecule is c1ccc(-n2c3ccccc3c3ccc(-c4cccc(N(c5ccc6c(c5)oc5ccccc56)c5cccc6ccccc56)c4)cc32)cc1. The predicted molar refractivity (Wildman–Crippen MR) is 206 cm³/mol. The van der Waals surface area contributed by atoms with E-state index in [1.807, 2.05) is 12.1 Å². The number of hydrogen-bond donors (Lipinski definition) is 0. The van der Waals surface area contributed by atoms with Crippen LogP contribution in [0, 0.1) is 0 Å². The van der Waals surface area contributed by atoms with Gasteiger partial charge in [0.15, 0.2) is 0 Å². The Bertz CT molecular complexity index is 2840. The zero-order valence-electron chi connectivity index (χ0n) is 26.6. The summed E-state index contributed by atoms with van der Waals surface area (Å²) in [6.07, 6.45) is 0. The van der Waals surface area contributed by atoms with E-state index >= 15 is 0 Å². The third-order valence-electron chi connectivity index (χ3n) is 9.75. The molecule has 0 aliphatic carbocycles. The van der Waals surface area contributed by atoms with Crippen LogP contribution in [0.3, 0.4) is 0 Å². The molecule has 0 aliphatic rings. The molecule has 0 saturated carbocycles. The van der Waals surface area contributed by atoms with E-state index in [9.17, 15) is 0 Å². The Balaban J connectivity index is 1.17. The molecule has 0 amide bonds. The van der Waals surface area contributed by atoms with Gasteiger partial charge in [-0.2, -0.15) is 0 Å². The molecule has 0 fully saturated rings. The van der Waals surface area contributed by atoms with Crippen LogP contribution in [-0.2, 0) is 0 Å². The molecule has 0 spiro atoms. The number of nitrogens with zero attached hydrogens (tertiary/aromatic N) is 2. The van der Waals surface area contributed by atoms with Crippen molar-refractivity contribution >= 4 is 71.6 Å². The molecular formula is C46H30N2O. The summed E-state index contributed by atoms with van der Waals surface area (Å²) in [5, 5.41) is 7.14. The topological polar surface area (TPSA) is 21.3 Å². The van der Waals surface area contributed by atoms with Crippen LogP contribution in [-0.4, -0.2) is 4.57 Å². The predicted octanol–water partition coefficient (Wildman–Crippen LogP) is 13.0. The van der Waals surface area contributed by atoms with Crippen LogP contribution in [0.25, 0.3) is 71.3 Å². The van der Waals surface area contributed by atoms with E-state index in [0.29, 0.717) is 0 Å². The standard InChI is InChI=1S/C46H30N2O/c1-2-15-34(16-3-1)48-43-21-8-6-19-38(43)39-26-24-33(29-44(39)48)32-14-10-17-35(28-32)47(42-22-11-13-31-12-4-5-18-37(31)42)36-25-27-41-40-20-7-9-23-45(40)49-46(41)30-36/h1-30H. The lowest BCUT2D eigenvalue weighted by Gasteiger charge is -2.27. The molecule has 3 heteroatoms. The summed E-state index contributed by atoms with van der Waals surface area (Å²) in [5.74, 6) is 0. The van der Waals surface area contributed by atoms with Crippen LogP contribution < -0.4 is 4.90 Å². The molecule has 230 valence electrons. The van der Waals surface area contributed by atoms with Gasteiger partial charge in [-0.15, -0.1) is 0 Å². The molecule has 8 aromatic carbocycles. The van der Waals surface area contributed by atoms with Gasteiger partial charge in [-0.1, -0.05) is 115 Å². The average molecular weight is 627 g/mol. The van der Waals surface area contributed by atoms with Gasteiger partial charge in [0.1, 0.15) is 11.2 Å². The Morgan fingerprint density at radius 3 is 1.96 bits per heavy atom. The normalized spacial score (nSPS) is 11.7. The van der Waals surface area contributed by atoms with Gasteiger partial charge in [0, 0.05) is 50.1 Å². The second-order valence-electron chi connectivity index (χ2n) is 12.6. The average Bonchev–Trinajstić information content (AvgIpc) is 3.70. The number of benzene rings is 8. The first kappa shape index (κ1) is 27.5. The van der Waals surface area contributed by atoms with Crippen molar-refractivity contribution in [2.24, 2.45) is 0 Å². The molecule has 0 radical (unpaired) electrons. The molecular weight excluding hydrogens is 597 g/mol. The Morgan fingerprint density at radius 2 is 1.04 bits per heavy atom. The summed E-state index contributed by atoms with van der Waals surface area (Å²) >= 11 is 0. The number of fused-ring (bicyclic) bond motifs is 7. The second kappa shape index (κ2) is 11.0. The Kier molecular flexibility index (Phi) is 6.18. The summed E-state index contributed by atoms with van der Waals surface area (Å²) < 4.78 is 8.76. The van der Waals surface area contributed by atoms with Gasteiger partial charge >= 0.3 is 0 Å². The molecule has 10 aromatic rings. The number of furan rings is 1. The lowest BCUT2D eigenvalue weighted by atomic mass is 10.0. The minimum absolute atomic E-state index is 0.874. The summed E-state index contributed by atoms with van der Waals surface area (Å²) in [4.78, 5) is 2.36. The molecule has 49 heavy (non-hydrogen) atoms. The molecule has 0 aliphatic heterocycles. The summed E-state index contributed by atoms with van der Waals surface area (Å²) in [6, 6.07) is 65.0. The summed E-state index contributed by atoms with van der Waals surface area (Å²) in [5.41, 5.74) is 10.9. The largest absolute Gasteiger partial charge is 0.456 e. The van der Waals surface area contributed by atoms with Crippen LogP contribution in [0.4, 0.5) is 17.1 Å². The highest BCUT2D eigenvalue weighted by molar-refractivity contribution is 6.10. The van der Waals surface area contributed by atoms with Crippen molar-refractivity contribution in [1.29, 1.82) is 0 Å². The third-order valence-corrected chi connectivity index (χ3v) is 9.75. The number of rotatable bonds is 5. The van der Waals surface area contributed by atoms with Gasteiger partial charge in [0.25, 0.3) is 0 Å². The van der Waals surface area contributed by atoms with E-state index in [4.69, 9.17) is 4.42 Å². The third kappa shape index (κ3) is 4.44. The van der Waals surface area contributed by atoms with Gasteiger partial charge < -0.3 is 13.9 Å². The van der Waals surface area contributed by atoms with Crippen molar-refractivity contribution in [3.8, 4) is 16.8 Å². The zero-order valence-corrected chi connectivity index (χ0v) is 26.6. The van der Waals surface area contributed by atoms with Gasteiger partial charge in [-0.05, 0) is 77.2 Å². The smallest absolute Gasteiger partial charge is 0.137 e. The van der Waals surface area contributed by atoms with Crippen molar-refractivity contribution in [3.05, 3.63) is 182 Å². The van der Waals surface area contributed by atoms with Crippen LogP contribution in [0.1, 0.15) is 0 Å². The number of anilines is 3. The fourth-order valence-corrected chi connectivity index (χ4v) is 7.51. The van der Waals surface area contributed by atoms with Gasteiger partial charge in [-0.25, -0.2) is 0 Å².